The monoisotopic (exact) mass is 527 g/mol. The molecule has 0 bridgehead atoms. The maximum atomic E-state index is 10.1. The lowest BCUT2D eigenvalue weighted by Crippen LogP contribution is -1.93. The van der Waals surface area contributed by atoms with E-state index in [1.54, 1.807) is 0 Å². The number of benzene rings is 6. The van der Waals surface area contributed by atoms with E-state index in [4.69, 9.17) is 4.42 Å². The predicted octanol–water partition coefficient (Wildman–Crippen LogP) is 10.8. The normalized spacial score (nSPS) is 11.5. The summed E-state index contributed by atoms with van der Waals surface area (Å²) in [5.74, 6) is 0. The first-order valence-electron chi connectivity index (χ1n) is 13.2. The maximum absolute atomic E-state index is 10.1. The van der Waals surface area contributed by atoms with E-state index in [0.717, 1.165) is 55.3 Å². The van der Waals surface area contributed by atoms with Crippen molar-refractivity contribution in [2.45, 2.75) is 0 Å². The summed E-state index contributed by atoms with van der Waals surface area (Å²) in [4.78, 5) is 0. The highest BCUT2D eigenvalue weighted by molar-refractivity contribution is 7.25. The molecular weight excluding hydrogens is 506 g/mol. The first-order valence-corrected chi connectivity index (χ1v) is 14.1. The third-order valence-corrected chi connectivity index (χ3v) is 8.89. The standard InChI is InChI=1S/C37H21NOS/c38-22-25-8-1-2-9-28(25)37-26(23-16-18-30-29-10-3-5-14-33(29)39-34(30)20-23)12-7-13-27(37)24-17-19-32-31-11-4-6-15-35(31)40-36(32)21-24/h1-21H. The predicted molar refractivity (Wildman–Crippen MR) is 168 cm³/mol. The van der Waals surface area contributed by atoms with Gasteiger partial charge in [0.2, 0.25) is 0 Å². The molecule has 2 nitrogen and oxygen atoms in total. The van der Waals surface area contributed by atoms with Crippen LogP contribution in [0.4, 0.5) is 0 Å². The van der Waals surface area contributed by atoms with Crippen molar-refractivity contribution in [1.82, 2.24) is 0 Å². The van der Waals surface area contributed by atoms with Crippen LogP contribution >= 0.6 is 11.3 Å². The largest absolute Gasteiger partial charge is 0.456 e. The van der Waals surface area contributed by atoms with Gasteiger partial charge < -0.3 is 4.42 Å². The molecule has 0 saturated carbocycles. The van der Waals surface area contributed by atoms with Crippen LogP contribution in [0.15, 0.2) is 132 Å². The van der Waals surface area contributed by atoms with Crippen LogP contribution in [0.3, 0.4) is 0 Å². The Bertz CT molecular complexity index is 2160. The van der Waals surface area contributed by atoms with Crippen molar-refractivity contribution >= 4 is 53.4 Å². The van der Waals surface area contributed by atoms with Gasteiger partial charge in [0.1, 0.15) is 11.2 Å². The summed E-state index contributed by atoms with van der Waals surface area (Å²) < 4.78 is 8.79. The number of thiophene rings is 1. The molecule has 6 aromatic carbocycles. The van der Waals surface area contributed by atoms with Crippen molar-refractivity contribution < 1.29 is 4.42 Å². The summed E-state index contributed by atoms with van der Waals surface area (Å²) >= 11 is 1.82. The van der Waals surface area contributed by atoms with E-state index >= 15 is 0 Å². The van der Waals surface area contributed by atoms with Crippen molar-refractivity contribution in [2.75, 3.05) is 0 Å². The molecule has 0 spiro atoms. The third-order valence-electron chi connectivity index (χ3n) is 7.76. The van der Waals surface area contributed by atoms with Gasteiger partial charge in [-0.15, -0.1) is 11.3 Å². The Morgan fingerprint density at radius 1 is 0.500 bits per heavy atom. The molecule has 0 aliphatic heterocycles. The lowest BCUT2D eigenvalue weighted by molar-refractivity contribution is 0.669. The topological polar surface area (TPSA) is 36.9 Å². The van der Waals surface area contributed by atoms with Crippen molar-refractivity contribution in [3.8, 4) is 39.4 Å². The second kappa shape index (κ2) is 8.95. The van der Waals surface area contributed by atoms with Gasteiger partial charge in [-0.3, -0.25) is 0 Å². The van der Waals surface area contributed by atoms with E-state index in [-0.39, 0.29) is 0 Å². The second-order valence-corrected chi connectivity index (χ2v) is 11.1. The highest BCUT2D eigenvalue weighted by Gasteiger charge is 2.18. The number of rotatable bonds is 3. The zero-order valence-corrected chi connectivity index (χ0v) is 22.2. The van der Waals surface area contributed by atoms with Crippen LogP contribution in [0.2, 0.25) is 0 Å². The summed E-state index contributed by atoms with van der Waals surface area (Å²) in [6.45, 7) is 0. The molecule has 0 atom stereocenters. The first kappa shape index (κ1) is 22.8. The Kier molecular flexibility index (Phi) is 5.10. The molecule has 0 radical (unpaired) electrons. The number of furan rings is 1. The van der Waals surface area contributed by atoms with E-state index in [0.29, 0.717) is 5.56 Å². The fraction of sp³-hybridized carbons (Fsp3) is 0. The van der Waals surface area contributed by atoms with E-state index in [2.05, 4.69) is 97.1 Å². The Labute approximate surface area is 235 Å². The van der Waals surface area contributed by atoms with Gasteiger partial charge in [0.15, 0.2) is 0 Å². The number of nitriles is 1. The zero-order chi connectivity index (χ0) is 26.6. The van der Waals surface area contributed by atoms with E-state index < -0.39 is 0 Å². The van der Waals surface area contributed by atoms with E-state index in [1.165, 1.54) is 20.2 Å². The highest BCUT2D eigenvalue weighted by Crippen LogP contribution is 2.44. The second-order valence-electron chi connectivity index (χ2n) is 10.0. The molecule has 0 aliphatic carbocycles. The first-order chi connectivity index (χ1) is 19.8. The molecule has 0 unspecified atom stereocenters. The number of hydrogen-bond donors (Lipinski definition) is 0. The van der Waals surface area contributed by atoms with Crippen LogP contribution in [0, 0.1) is 11.3 Å². The number of hydrogen-bond acceptors (Lipinski definition) is 3. The minimum atomic E-state index is 0.656. The molecular formula is C37H21NOS. The van der Waals surface area contributed by atoms with Crippen LogP contribution in [0.5, 0.6) is 0 Å². The smallest absolute Gasteiger partial charge is 0.136 e. The van der Waals surface area contributed by atoms with Crippen LogP contribution < -0.4 is 0 Å². The molecule has 186 valence electrons. The van der Waals surface area contributed by atoms with Gasteiger partial charge in [0, 0.05) is 36.5 Å². The van der Waals surface area contributed by atoms with Gasteiger partial charge in [-0.25, -0.2) is 0 Å². The average molecular weight is 528 g/mol. The number of para-hydroxylation sites is 1. The number of nitrogens with zero attached hydrogens (tertiary/aromatic N) is 1. The Morgan fingerprint density at radius 3 is 1.98 bits per heavy atom. The Morgan fingerprint density at radius 2 is 1.12 bits per heavy atom. The molecule has 0 amide bonds. The van der Waals surface area contributed by atoms with Gasteiger partial charge in [-0.1, -0.05) is 91.0 Å². The maximum Gasteiger partial charge on any atom is 0.136 e. The van der Waals surface area contributed by atoms with E-state index in [9.17, 15) is 5.26 Å². The lowest BCUT2D eigenvalue weighted by Gasteiger charge is -2.17. The average Bonchev–Trinajstić information content (AvgIpc) is 3.58. The van der Waals surface area contributed by atoms with Crippen molar-refractivity contribution in [3.63, 3.8) is 0 Å². The summed E-state index contributed by atoms with van der Waals surface area (Å²) in [5, 5.41) is 14.9. The lowest BCUT2D eigenvalue weighted by atomic mass is 9.85. The molecule has 0 aliphatic rings. The Balaban J connectivity index is 1.40. The van der Waals surface area contributed by atoms with Gasteiger partial charge in [0.25, 0.3) is 0 Å². The third kappa shape index (κ3) is 3.48. The highest BCUT2D eigenvalue weighted by atomic mass is 32.1. The Hall–Kier alpha value is -5.17. The fourth-order valence-electron chi connectivity index (χ4n) is 5.91. The molecule has 0 fully saturated rings. The van der Waals surface area contributed by atoms with E-state index in [1.807, 2.05) is 47.7 Å². The van der Waals surface area contributed by atoms with Crippen molar-refractivity contribution in [2.24, 2.45) is 0 Å². The molecule has 2 aromatic heterocycles. The summed E-state index contributed by atoms with van der Waals surface area (Å²) in [6, 6.07) is 46.6. The van der Waals surface area contributed by atoms with Gasteiger partial charge in [0.05, 0.1) is 11.6 Å². The van der Waals surface area contributed by atoms with Crippen LogP contribution in [0.25, 0.3) is 75.5 Å². The van der Waals surface area contributed by atoms with Crippen molar-refractivity contribution in [1.29, 1.82) is 5.26 Å². The number of fused-ring (bicyclic) bond motifs is 6. The van der Waals surface area contributed by atoms with Crippen LogP contribution in [-0.2, 0) is 0 Å². The molecule has 8 aromatic rings. The van der Waals surface area contributed by atoms with Gasteiger partial charge in [-0.05, 0) is 64.2 Å². The fourth-order valence-corrected chi connectivity index (χ4v) is 7.05. The molecule has 8 rings (SSSR count). The van der Waals surface area contributed by atoms with Crippen molar-refractivity contribution in [3.05, 3.63) is 133 Å². The molecule has 0 N–H and O–H groups in total. The molecule has 40 heavy (non-hydrogen) atoms. The minimum absolute atomic E-state index is 0.656. The molecule has 0 saturated heterocycles. The SMILES string of the molecule is N#Cc1ccccc1-c1c(-c2ccc3c(c2)oc2ccccc23)cccc1-c1ccc2c(c1)sc1ccccc12. The van der Waals surface area contributed by atoms with Gasteiger partial charge in [-0.2, -0.15) is 5.26 Å². The minimum Gasteiger partial charge on any atom is -0.456 e. The molecule has 3 heteroatoms. The summed E-state index contributed by atoms with van der Waals surface area (Å²) in [5.41, 5.74) is 8.73. The quantitative estimate of drug-likeness (QED) is 0.229. The summed E-state index contributed by atoms with van der Waals surface area (Å²) in [6.07, 6.45) is 0. The van der Waals surface area contributed by atoms with Crippen LogP contribution in [0.1, 0.15) is 5.56 Å². The molecule has 2 heterocycles. The van der Waals surface area contributed by atoms with Gasteiger partial charge >= 0.3 is 0 Å². The van der Waals surface area contributed by atoms with Crippen LogP contribution in [-0.4, -0.2) is 0 Å². The zero-order valence-electron chi connectivity index (χ0n) is 21.4. The summed E-state index contributed by atoms with van der Waals surface area (Å²) in [7, 11) is 0.